The molecule has 0 amide bonds. The zero-order chi connectivity index (χ0) is 22.8. The Bertz CT molecular complexity index is 1240. The van der Waals surface area contributed by atoms with Crippen LogP contribution in [0.1, 0.15) is 11.3 Å². The van der Waals surface area contributed by atoms with E-state index in [2.05, 4.69) is 35.0 Å². The number of hydrogen-bond acceptors (Lipinski definition) is 6. The van der Waals surface area contributed by atoms with Gasteiger partial charge in [-0.05, 0) is 54.6 Å². The SMILES string of the molecule is COc1ccc(-c2coc3ccc(Cc4ccc(N5CCN(C)CC5)c(OC)c4)nc23)cc1. The van der Waals surface area contributed by atoms with E-state index in [1.165, 1.54) is 5.56 Å². The third-order valence-corrected chi connectivity index (χ3v) is 6.35. The summed E-state index contributed by atoms with van der Waals surface area (Å²) in [5.74, 6) is 1.74. The predicted molar refractivity (Wildman–Crippen MR) is 132 cm³/mol. The first-order valence-corrected chi connectivity index (χ1v) is 11.3. The minimum absolute atomic E-state index is 0.725. The van der Waals surface area contributed by atoms with Gasteiger partial charge in [-0.1, -0.05) is 18.2 Å². The zero-order valence-electron chi connectivity index (χ0n) is 19.4. The van der Waals surface area contributed by atoms with Gasteiger partial charge in [0.05, 0.1) is 19.9 Å². The van der Waals surface area contributed by atoms with Crippen LogP contribution in [0.15, 0.2) is 65.3 Å². The quantitative estimate of drug-likeness (QED) is 0.424. The molecule has 6 nitrogen and oxygen atoms in total. The highest BCUT2D eigenvalue weighted by molar-refractivity contribution is 5.90. The molecule has 1 aliphatic rings. The van der Waals surface area contributed by atoms with E-state index in [1.807, 2.05) is 36.4 Å². The highest BCUT2D eigenvalue weighted by Crippen LogP contribution is 2.33. The summed E-state index contributed by atoms with van der Waals surface area (Å²) in [7, 11) is 5.58. The second kappa shape index (κ2) is 9.16. The van der Waals surface area contributed by atoms with Crippen molar-refractivity contribution in [1.82, 2.24) is 9.88 Å². The Hall–Kier alpha value is -3.51. The summed E-state index contributed by atoms with van der Waals surface area (Å²) < 4.78 is 16.8. The summed E-state index contributed by atoms with van der Waals surface area (Å²) in [6, 6.07) is 18.5. The largest absolute Gasteiger partial charge is 0.497 e. The lowest BCUT2D eigenvalue weighted by Gasteiger charge is -2.34. The standard InChI is InChI=1S/C27H29N3O3/c1-29-12-14-30(15-13-29)24-10-4-19(17-26(24)32-3)16-21-7-11-25-27(28-21)23(18-33-25)20-5-8-22(31-2)9-6-20/h4-11,17-18H,12-16H2,1-3H3. The van der Waals surface area contributed by atoms with Crippen molar-refractivity contribution in [2.45, 2.75) is 6.42 Å². The van der Waals surface area contributed by atoms with Crippen LogP contribution in [0.4, 0.5) is 5.69 Å². The third kappa shape index (κ3) is 4.39. The van der Waals surface area contributed by atoms with Crippen molar-refractivity contribution in [3.8, 4) is 22.6 Å². The molecule has 0 saturated carbocycles. The number of ether oxygens (including phenoxy) is 2. The smallest absolute Gasteiger partial charge is 0.152 e. The molecule has 1 fully saturated rings. The lowest BCUT2D eigenvalue weighted by molar-refractivity contribution is 0.311. The molecule has 4 aromatic rings. The van der Waals surface area contributed by atoms with Crippen molar-refractivity contribution in [3.05, 3.63) is 72.1 Å². The average Bonchev–Trinajstić information content (AvgIpc) is 3.28. The molecule has 0 N–H and O–H groups in total. The van der Waals surface area contributed by atoms with Crippen molar-refractivity contribution in [1.29, 1.82) is 0 Å². The summed E-state index contributed by atoms with van der Waals surface area (Å²) in [6.07, 6.45) is 2.50. The van der Waals surface area contributed by atoms with Crippen molar-refractivity contribution >= 4 is 16.8 Å². The van der Waals surface area contributed by atoms with Crippen LogP contribution >= 0.6 is 0 Å². The predicted octanol–water partition coefficient (Wildman–Crippen LogP) is 4.85. The van der Waals surface area contributed by atoms with Gasteiger partial charge in [0.15, 0.2) is 5.58 Å². The molecule has 3 heterocycles. The number of aromatic nitrogens is 1. The Morgan fingerprint density at radius 3 is 2.42 bits per heavy atom. The van der Waals surface area contributed by atoms with E-state index in [9.17, 15) is 0 Å². The van der Waals surface area contributed by atoms with Crippen LogP contribution in [0.5, 0.6) is 11.5 Å². The van der Waals surface area contributed by atoms with Gasteiger partial charge in [0.1, 0.15) is 23.3 Å². The van der Waals surface area contributed by atoms with Crippen molar-refractivity contribution in [2.24, 2.45) is 0 Å². The van der Waals surface area contributed by atoms with Crippen LogP contribution in [0.3, 0.4) is 0 Å². The van der Waals surface area contributed by atoms with Crippen molar-refractivity contribution in [3.63, 3.8) is 0 Å². The molecular formula is C27H29N3O3. The lowest BCUT2D eigenvalue weighted by atomic mass is 10.1. The Labute approximate surface area is 194 Å². The molecule has 0 atom stereocenters. The van der Waals surface area contributed by atoms with Crippen molar-refractivity contribution < 1.29 is 13.9 Å². The van der Waals surface area contributed by atoms with Gasteiger partial charge >= 0.3 is 0 Å². The molecule has 1 aliphatic heterocycles. The number of hydrogen-bond donors (Lipinski definition) is 0. The van der Waals surface area contributed by atoms with E-state index in [0.717, 1.165) is 77.7 Å². The number of nitrogens with zero attached hydrogens (tertiary/aromatic N) is 3. The van der Waals surface area contributed by atoms with Crippen LogP contribution in [0, 0.1) is 0 Å². The third-order valence-electron chi connectivity index (χ3n) is 6.35. The van der Waals surface area contributed by atoms with E-state index in [0.29, 0.717) is 0 Å². The molecule has 0 radical (unpaired) electrons. The molecule has 170 valence electrons. The monoisotopic (exact) mass is 443 g/mol. The summed E-state index contributed by atoms with van der Waals surface area (Å²) in [4.78, 5) is 9.70. The number of pyridine rings is 1. The Morgan fingerprint density at radius 1 is 0.909 bits per heavy atom. The van der Waals surface area contributed by atoms with E-state index in [-0.39, 0.29) is 0 Å². The number of piperazine rings is 1. The van der Waals surface area contributed by atoms with Crippen LogP contribution in [0.25, 0.3) is 22.2 Å². The van der Waals surface area contributed by atoms with Crippen molar-refractivity contribution in [2.75, 3.05) is 52.3 Å². The molecule has 1 saturated heterocycles. The van der Waals surface area contributed by atoms with E-state index < -0.39 is 0 Å². The van der Waals surface area contributed by atoms with Gasteiger partial charge in [-0.15, -0.1) is 0 Å². The summed E-state index contributed by atoms with van der Waals surface area (Å²) >= 11 is 0. The second-order valence-electron chi connectivity index (χ2n) is 8.50. The first-order valence-electron chi connectivity index (χ1n) is 11.3. The maximum Gasteiger partial charge on any atom is 0.152 e. The average molecular weight is 444 g/mol. The van der Waals surface area contributed by atoms with Gasteiger partial charge in [0.2, 0.25) is 0 Å². The number of furan rings is 1. The molecule has 0 bridgehead atoms. The Balaban J connectivity index is 1.40. The maximum absolute atomic E-state index is 5.77. The molecule has 6 heteroatoms. The van der Waals surface area contributed by atoms with Crippen LogP contribution in [0.2, 0.25) is 0 Å². The molecule has 5 rings (SSSR count). The minimum atomic E-state index is 0.725. The summed E-state index contributed by atoms with van der Waals surface area (Å²) in [6.45, 7) is 4.16. The normalized spacial score (nSPS) is 14.6. The molecule has 2 aromatic carbocycles. The van der Waals surface area contributed by atoms with Crippen LogP contribution in [-0.4, -0.2) is 57.3 Å². The summed E-state index contributed by atoms with van der Waals surface area (Å²) in [5.41, 5.74) is 7.02. The van der Waals surface area contributed by atoms with E-state index in [1.54, 1.807) is 20.5 Å². The van der Waals surface area contributed by atoms with Gasteiger partial charge in [-0.3, -0.25) is 0 Å². The molecule has 2 aromatic heterocycles. The topological polar surface area (TPSA) is 51.0 Å². The fourth-order valence-corrected chi connectivity index (χ4v) is 4.38. The Kier molecular flexibility index (Phi) is 5.92. The number of benzene rings is 2. The van der Waals surface area contributed by atoms with E-state index >= 15 is 0 Å². The number of methoxy groups -OCH3 is 2. The highest BCUT2D eigenvalue weighted by Gasteiger charge is 2.18. The second-order valence-corrected chi connectivity index (χ2v) is 8.50. The van der Waals surface area contributed by atoms with Gasteiger partial charge in [0.25, 0.3) is 0 Å². The highest BCUT2D eigenvalue weighted by atomic mass is 16.5. The van der Waals surface area contributed by atoms with Gasteiger partial charge < -0.3 is 23.7 Å². The molecule has 33 heavy (non-hydrogen) atoms. The zero-order valence-corrected chi connectivity index (χ0v) is 19.4. The van der Waals surface area contributed by atoms with Gasteiger partial charge in [-0.25, -0.2) is 4.98 Å². The van der Waals surface area contributed by atoms with Crippen LogP contribution < -0.4 is 14.4 Å². The molecule has 0 spiro atoms. The Morgan fingerprint density at radius 2 is 1.70 bits per heavy atom. The van der Waals surface area contributed by atoms with Gasteiger partial charge in [-0.2, -0.15) is 0 Å². The fourth-order valence-electron chi connectivity index (χ4n) is 4.38. The number of rotatable bonds is 6. The molecule has 0 unspecified atom stereocenters. The first-order chi connectivity index (χ1) is 16.1. The van der Waals surface area contributed by atoms with Gasteiger partial charge in [0, 0.05) is 43.9 Å². The molecular weight excluding hydrogens is 414 g/mol. The number of fused-ring (bicyclic) bond motifs is 1. The van der Waals surface area contributed by atoms with E-state index in [4.69, 9.17) is 18.9 Å². The maximum atomic E-state index is 5.77. The summed E-state index contributed by atoms with van der Waals surface area (Å²) in [5, 5.41) is 0. The number of likely N-dealkylation sites (N-methyl/N-ethyl adjacent to an activating group) is 1. The fraction of sp³-hybridized carbons (Fsp3) is 0.296. The molecule has 0 aliphatic carbocycles. The number of anilines is 1. The lowest BCUT2D eigenvalue weighted by Crippen LogP contribution is -2.44. The minimum Gasteiger partial charge on any atom is -0.497 e. The van der Waals surface area contributed by atoms with Crippen LogP contribution in [-0.2, 0) is 6.42 Å². The first kappa shape index (κ1) is 21.3.